The van der Waals surface area contributed by atoms with Crippen LogP contribution in [0.3, 0.4) is 0 Å². The van der Waals surface area contributed by atoms with Crippen LogP contribution in [0.1, 0.15) is 11.1 Å². The van der Waals surface area contributed by atoms with Gasteiger partial charge in [-0.05, 0) is 60.5 Å². The monoisotopic (exact) mass is 563 g/mol. The number of carbonyl (C=O) groups excluding carboxylic acids is 2. The number of aryl methyl sites for hydroxylation is 1. The summed E-state index contributed by atoms with van der Waals surface area (Å²) in [4.78, 5) is 30.2. The number of hydrogen-bond acceptors (Lipinski definition) is 6. The summed E-state index contributed by atoms with van der Waals surface area (Å²) >= 11 is 0. The lowest BCUT2D eigenvalue weighted by Gasteiger charge is -2.30. The number of nitrogens with one attached hydrogen (secondary N) is 3. The molecule has 41 heavy (non-hydrogen) atoms. The summed E-state index contributed by atoms with van der Waals surface area (Å²) in [6.45, 7) is 7.71. The molecule has 0 aliphatic carbocycles. The number of piperazine rings is 1. The highest BCUT2D eigenvalue weighted by molar-refractivity contribution is 6.01. The quantitative estimate of drug-likeness (QED) is 0.307. The molecule has 9 nitrogen and oxygen atoms in total. The summed E-state index contributed by atoms with van der Waals surface area (Å²) < 4.78 is 24.5. The van der Waals surface area contributed by atoms with Gasteiger partial charge < -0.3 is 30.3 Å². The van der Waals surface area contributed by atoms with Crippen LogP contribution in [-0.4, -0.2) is 81.3 Å². The molecule has 0 saturated carbocycles. The Hall–Kier alpha value is -4.15. The first-order valence-corrected chi connectivity index (χ1v) is 13.8. The molecule has 3 aromatic rings. The molecule has 0 aromatic heterocycles. The van der Waals surface area contributed by atoms with Crippen LogP contribution in [0.5, 0.6) is 11.5 Å². The number of urea groups is 1. The van der Waals surface area contributed by atoms with E-state index in [-0.39, 0.29) is 24.2 Å². The largest absolute Gasteiger partial charge is 0.495 e. The molecule has 4 rings (SSSR count). The maximum absolute atomic E-state index is 13.4. The standard InChI is InChI=1S/C31H38FN5O4/c1-23-5-3-4-6-27(23)34-31(39)35-28-12-7-24(21-29(28)40-2)22-30(38)37(18-17-36-15-13-33-14-16-36)19-20-41-26-10-8-25(32)9-11-26/h3-12,21,33H,13-20,22H2,1-2H3,(H2,34,35,39). The van der Waals surface area contributed by atoms with Crippen LogP contribution in [0.2, 0.25) is 0 Å². The number of halogens is 1. The Morgan fingerprint density at radius 2 is 1.71 bits per heavy atom. The predicted molar refractivity (Wildman–Crippen MR) is 158 cm³/mol. The van der Waals surface area contributed by atoms with Gasteiger partial charge in [0.25, 0.3) is 0 Å². The molecule has 0 bridgehead atoms. The maximum Gasteiger partial charge on any atom is 0.323 e. The number of ether oxygens (including phenoxy) is 2. The average molecular weight is 564 g/mol. The SMILES string of the molecule is COc1cc(CC(=O)N(CCOc2ccc(F)cc2)CCN2CCNCC2)ccc1NC(=O)Nc1ccccc1C. The number of anilines is 2. The highest BCUT2D eigenvalue weighted by Gasteiger charge is 2.18. The summed E-state index contributed by atoms with van der Waals surface area (Å²) in [5.74, 6) is 0.652. The third-order valence-corrected chi connectivity index (χ3v) is 6.95. The zero-order valence-corrected chi connectivity index (χ0v) is 23.6. The second-order valence-corrected chi connectivity index (χ2v) is 9.88. The van der Waals surface area contributed by atoms with E-state index in [2.05, 4.69) is 20.9 Å². The maximum atomic E-state index is 13.4. The molecule has 1 fully saturated rings. The summed E-state index contributed by atoms with van der Waals surface area (Å²) in [6.07, 6.45) is 0.171. The fourth-order valence-corrected chi connectivity index (χ4v) is 4.59. The Bertz CT molecular complexity index is 1300. The van der Waals surface area contributed by atoms with Crippen LogP contribution in [0.15, 0.2) is 66.7 Å². The van der Waals surface area contributed by atoms with E-state index in [1.165, 1.54) is 19.2 Å². The normalized spacial score (nSPS) is 13.3. The Kier molecular flexibility index (Phi) is 10.9. The van der Waals surface area contributed by atoms with Gasteiger partial charge in [-0.1, -0.05) is 24.3 Å². The molecule has 10 heteroatoms. The molecule has 1 heterocycles. The second kappa shape index (κ2) is 15.0. The van der Waals surface area contributed by atoms with Gasteiger partial charge in [0.1, 0.15) is 23.9 Å². The summed E-state index contributed by atoms with van der Waals surface area (Å²) in [5.41, 5.74) is 2.94. The number of benzene rings is 3. The topological polar surface area (TPSA) is 95.2 Å². The lowest BCUT2D eigenvalue weighted by molar-refractivity contribution is -0.131. The van der Waals surface area contributed by atoms with Crippen molar-refractivity contribution in [2.24, 2.45) is 0 Å². The number of amides is 3. The van der Waals surface area contributed by atoms with Crippen molar-refractivity contribution >= 4 is 23.3 Å². The number of rotatable bonds is 12. The molecule has 0 atom stereocenters. The Balaban J connectivity index is 1.38. The van der Waals surface area contributed by atoms with Gasteiger partial charge in [0.2, 0.25) is 5.91 Å². The van der Waals surface area contributed by atoms with Crippen molar-refractivity contribution in [3.05, 3.63) is 83.7 Å². The van der Waals surface area contributed by atoms with Crippen molar-refractivity contribution < 1.29 is 23.5 Å². The minimum atomic E-state index is -0.387. The smallest absolute Gasteiger partial charge is 0.323 e. The number of carbonyl (C=O) groups is 2. The van der Waals surface area contributed by atoms with Crippen LogP contribution in [0.4, 0.5) is 20.6 Å². The molecule has 0 spiro atoms. The Morgan fingerprint density at radius 3 is 2.44 bits per heavy atom. The van der Waals surface area contributed by atoms with Crippen molar-refractivity contribution in [2.75, 3.05) is 70.2 Å². The Labute approximate surface area is 240 Å². The van der Waals surface area contributed by atoms with E-state index in [1.807, 2.05) is 37.3 Å². The molecule has 0 radical (unpaired) electrons. The van der Waals surface area contributed by atoms with Crippen molar-refractivity contribution in [3.63, 3.8) is 0 Å². The minimum absolute atomic E-state index is 0.0390. The molecule has 218 valence electrons. The van der Waals surface area contributed by atoms with Crippen LogP contribution in [0, 0.1) is 12.7 Å². The third-order valence-electron chi connectivity index (χ3n) is 6.95. The van der Waals surface area contributed by atoms with E-state index < -0.39 is 0 Å². The van der Waals surface area contributed by atoms with Gasteiger partial charge in [-0.15, -0.1) is 0 Å². The molecule has 0 unspecified atom stereocenters. The van der Waals surface area contributed by atoms with Gasteiger partial charge >= 0.3 is 6.03 Å². The molecule has 1 aliphatic heterocycles. The predicted octanol–water partition coefficient (Wildman–Crippen LogP) is 4.14. The number of methoxy groups -OCH3 is 1. The first-order chi connectivity index (χ1) is 19.9. The van der Waals surface area contributed by atoms with Crippen molar-refractivity contribution in [1.29, 1.82) is 0 Å². The zero-order chi connectivity index (χ0) is 29.0. The van der Waals surface area contributed by atoms with Gasteiger partial charge in [0.15, 0.2) is 0 Å². The first-order valence-electron chi connectivity index (χ1n) is 13.8. The third kappa shape index (κ3) is 9.19. The van der Waals surface area contributed by atoms with E-state index in [0.717, 1.165) is 49.5 Å². The molecule has 3 amide bonds. The highest BCUT2D eigenvalue weighted by Crippen LogP contribution is 2.26. The van der Waals surface area contributed by atoms with Crippen molar-refractivity contribution in [1.82, 2.24) is 15.1 Å². The van der Waals surface area contributed by atoms with Crippen LogP contribution in [0.25, 0.3) is 0 Å². The van der Waals surface area contributed by atoms with Gasteiger partial charge in [0, 0.05) is 45.0 Å². The lowest BCUT2D eigenvalue weighted by atomic mass is 10.1. The Morgan fingerprint density at radius 1 is 0.976 bits per heavy atom. The summed E-state index contributed by atoms with van der Waals surface area (Å²) in [5, 5.41) is 9.01. The number of hydrogen-bond donors (Lipinski definition) is 3. The fourth-order valence-electron chi connectivity index (χ4n) is 4.59. The zero-order valence-electron chi connectivity index (χ0n) is 23.6. The summed E-state index contributed by atoms with van der Waals surface area (Å²) in [7, 11) is 1.53. The summed E-state index contributed by atoms with van der Waals surface area (Å²) in [6, 6.07) is 18.3. The van der Waals surface area contributed by atoms with Crippen LogP contribution in [-0.2, 0) is 11.2 Å². The average Bonchev–Trinajstić information content (AvgIpc) is 2.98. The molecule has 1 aliphatic rings. The van der Waals surface area contributed by atoms with E-state index in [9.17, 15) is 14.0 Å². The van der Waals surface area contributed by atoms with E-state index in [4.69, 9.17) is 9.47 Å². The van der Waals surface area contributed by atoms with Gasteiger partial charge in [0.05, 0.1) is 25.8 Å². The number of para-hydroxylation sites is 1. The van der Waals surface area contributed by atoms with E-state index in [0.29, 0.717) is 36.9 Å². The van der Waals surface area contributed by atoms with Crippen LogP contribution >= 0.6 is 0 Å². The van der Waals surface area contributed by atoms with Gasteiger partial charge in [-0.2, -0.15) is 0 Å². The van der Waals surface area contributed by atoms with E-state index >= 15 is 0 Å². The molecular weight excluding hydrogens is 525 g/mol. The van der Waals surface area contributed by atoms with Crippen LogP contribution < -0.4 is 25.4 Å². The fraction of sp³-hybridized carbons (Fsp3) is 0.355. The first kappa shape index (κ1) is 29.8. The van der Waals surface area contributed by atoms with Gasteiger partial charge in [-0.25, -0.2) is 9.18 Å². The van der Waals surface area contributed by atoms with E-state index in [1.54, 1.807) is 29.2 Å². The molecular formula is C31H38FN5O4. The number of nitrogens with zero attached hydrogens (tertiary/aromatic N) is 2. The van der Waals surface area contributed by atoms with Crippen molar-refractivity contribution in [3.8, 4) is 11.5 Å². The molecule has 1 saturated heterocycles. The minimum Gasteiger partial charge on any atom is -0.495 e. The molecule has 3 aromatic carbocycles. The molecule has 3 N–H and O–H groups in total. The second-order valence-electron chi connectivity index (χ2n) is 9.88. The van der Waals surface area contributed by atoms with Gasteiger partial charge in [-0.3, -0.25) is 9.69 Å². The van der Waals surface area contributed by atoms with Crippen molar-refractivity contribution in [2.45, 2.75) is 13.3 Å². The highest BCUT2D eigenvalue weighted by atomic mass is 19.1. The lowest BCUT2D eigenvalue weighted by Crippen LogP contribution is -2.47.